The van der Waals surface area contributed by atoms with Gasteiger partial charge in [-0.2, -0.15) is 0 Å². The summed E-state index contributed by atoms with van der Waals surface area (Å²) >= 11 is 5.72. The highest BCUT2D eigenvalue weighted by molar-refractivity contribution is 6.31. The lowest BCUT2D eigenvalue weighted by Gasteiger charge is -2.23. The van der Waals surface area contributed by atoms with Crippen molar-refractivity contribution in [2.75, 3.05) is 17.3 Å². The van der Waals surface area contributed by atoms with Crippen LogP contribution in [0.2, 0.25) is 5.02 Å². The Morgan fingerprint density at radius 3 is 2.52 bits per heavy atom. The van der Waals surface area contributed by atoms with Gasteiger partial charge in [0.2, 0.25) is 5.91 Å². The van der Waals surface area contributed by atoms with Crippen molar-refractivity contribution in [3.63, 3.8) is 0 Å². The lowest BCUT2D eigenvalue weighted by molar-refractivity contribution is -0.118. The first-order valence-electron chi connectivity index (χ1n) is 6.53. The molecule has 0 bridgehead atoms. The molecular weight excluding hydrogens is 291 g/mol. The van der Waals surface area contributed by atoms with Gasteiger partial charge in [0.15, 0.2) is 0 Å². The minimum atomic E-state index is -0.484. The number of likely N-dealkylation sites (N-methyl/N-ethyl adjacent to an activating group) is 1. The molecule has 1 atom stereocenters. The third-order valence-corrected chi connectivity index (χ3v) is 3.44. The number of benzene rings is 2. The van der Waals surface area contributed by atoms with Gasteiger partial charge < -0.3 is 10.2 Å². The van der Waals surface area contributed by atoms with Gasteiger partial charge >= 0.3 is 0 Å². The standard InChI is InChI=1S/C16H16ClFN2O/c1-11(19-12-8-9-15(18)14(17)10-12)16(21)20(2)13-6-4-3-5-7-13/h3-11,19H,1-2H3/t11-/m1/s1. The summed E-state index contributed by atoms with van der Waals surface area (Å²) in [6.07, 6.45) is 0. The van der Waals surface area contributed by atoms with Crippen LogP contribution in [0.3, 0.4) is 0 Å². The normalized spacial score (nSPS) is 11.8. The van der Waals surface area contributed by atoms with Crippen LogP contribution in [0.4, 0.5) is 15.8 Å². The van der Waals surface area contributed by atoms with Crippen molar-refractivity contribution in [1.82, 2.24) is 0 Å². The van der Waals surface area contributed by atoms with Crippen LogP contribution >= 0.6 is 11.6 Å². The van der Waals surface area contributed by atoms with Crippen molar-refractivity contribution in [3.05, 3.63) is 59.4 Å². The second kappa shape index (κ2) is 6.59. The average Bonchev–Trinajstić information content (AvgIpc) is 2.50. The van der Waals surface area contributed by atoms with Crippen LogP contribution in [0.25, 0.3) is 0 Å². The molecule has 0 heterocycles. The van der Waals surface area contributed by atoms with Gasteiger partial charge in [-0.1, -0.05) is 29.8 Å². The molecule has 0 saturated carbocycles. The van der Waals surface area contributed by atoms with Crippen LogP contribution in [-0.2, 0) is 4.79 Å². The summed E-state index contributed by atoms with van der Waals surface area (Å²) in [7, 11) is 1.72. The van der Waals surface area contributed by atoms with E-state index in [9.17, 15) is 9.18 Å². The summed E-state index contributed by atoms with van der Waals surface area (Å²) in [6.45, 7) is 1.75. The molecule has 21 heavy (non-hydrogen) atoms. The summed E-state index contributed by atoms with van der Waals surface area (Å²) < 4.78 is 13.1. The number of hydrogen-bond acceptors (Lipinski definition) is 2. The SMILES string of the molecule is C[C@@H](Nc1ccc(F)c(Cl)c1)C(=O)N(C)c1ccccc1. The third kappa shape index (κ3) is 3.73. The largest absolute Gasteiger partial charge is 0.374 e. The van der Waals surface area contributed by atoms with Crippen LogP contribution in [0.5, 0.6) is 0 Å². The quantitative estimate of drug-likeness (QED) is 0.928. The fourth-order valence-corrected chi connectivity index (χ4v) is 2.15. The van der Waals surface area contributed by atoms with Crippen molar-refractivity contribution in [2.45, 2.75) is 13.0 Å². The van der Waals surface area contributed by atoms with Gasteiger partial charge in [0.05, 0.1) is 5.02 Å². The second-order valence-corrected chi connectivity index (χ2v) is 5.13. The Bertz CT molecular complexity index is 633. The summed E-state index contributed by atoms with van der Waals surface area (Å²) in [5.74, 6) is -0.579. The molecule has 2 aromatic rings. The number of carbonyl (C=O) groups excluding carboxylic acids is 1. The number of halogens is 2. The van der Waals surface area contributed by atoms with E-state index in [-0.39, 0.29) is 10.9 Å². The Morgan fingerprint density at radius 1 is 1.24 bits per heavy atom. The fourth-order valence-electron chi connectivity index (χ4n) is 1.97. The molecule has 5 heteroatoms. The Balaban J connectivity index is 2.07. The zero-order valence-corrected chi connectivity index (χ0v) is 12.6. The zero-order chi connectivity index (χ0) is 15.4. The molecule has 2 rings (SSSR count). The summed E-state index contributed by atoms with van der Waals surface area (Å²) in [4.78, 5) is 13.9. The molecule has 1 N–H and O–H groups in total. The van der Waals surface area contributed by atoms with Gasteiger partial charge in [-0.05, 0) is 37.3 Å². The van der Waals surface area contributed by atoms with E-state index in [0.717, 1.165) is 5.69 Å². The maximum Gasteiger partial charge on any atom is 0.248 e. The number of amides is 1. The first-order valence-corrected chi connectivity index (χ1v) is 6.91. The van der Waals surface area contributed by atoms with Crippen LogP contribution in [0, 0.1) is 5.82 Å². The molecular formula is C16H16ClFN2O. The summed E-state index contributed by atoms with van der Waals surface area (Å²) in [5, 5.41) is 3.04. The molecule has 0 aliphatic rings. The van der Waals surface area contributed by atoms with E-state index in [1.165, 1.54) is 12.1 Å². The number of anilines is 2. The molecule has 0 aromatic heterocycles. The highest BCUT2D eigenvalue weighted by Crippen LogP contribution is 2.20. The number of hydrogen-bond donors (Lipinski definition) is 1. The predicted molar refractivity (Wildman–Crippen MR) is 84.3 cm³/mol. The van der Waals surface area contributed by atoms with Crippen molar-refractivity contribution in [2.24, 2.45) is 0 Å². The van der Waals surface area contributed by atoms with Gasteiger partial charge in [0, 0.05) is 18.4 Å². The van der Waals surface area contributed by atoms with Crippen LogP contribution in [0.1, 0.15) is 6.92 Å². The highest BCUT2D eigenvalue weighted by Gasteiger charge is 2.18. The van der Waals surface area contributed by atoms with Crippen molar-refractivity contribution in [1.29, 1.82) is 0 Å². The third-order valence-electron chi connectivity index (χ3n) is 3.15. The van der Waals surface area contributed by atoms with Gasteiger partial charge in [0.1, 0.15) is 11.9 Å². The molecule has 0 spiro atoms. The van der Waals surface area contributed by atoms with Crippen LogP contribution < -0.4 is 10.2 Å². The summed E-state index contributed by atoms with van der Waals surface area (Å²) in [5.41, 5.74) is 1.41. The second-order valence-electron chi connectivity index (χ2n) is 4.73. The number of para-hydroxylation sites is 1. The Hall–Kier alpha value is -2.07. The smallest absolute Gasteiger partial charge is 0.248 e. The lowest BCUT2D eigenvalue weighted by Crippen LogP contribution is -2.39. The molecule has 0 unspecified atom stereocenters. The number of nitrogens with one attached hydrogen (secondary N) is 1. The van der Waals surface area contributed by atoms with Crippen molar-refractivity contribution < 1.29 is 9.18 Å². The van der Waals surface area contributed by atoms with E-state index in [0.29, 0.717) is 5.69 Å². The first-order chi connectivity index (χ1) is 9.99. The Kier molecular flexibility index (Phi) is 4.81. The Labute approximate surface area is 128 Å². The minimum Gasteiger partial charge on any atom is -0.374 e. The van der Waals surface area contributed by atoms with Crippen LogP contribution in [-0.4, -0.2) is 19.0 Å². The first kappa shape index (κ1) is 15.3. The highest BCUT2D eigenvalue weighted by atomic mass is 35.5. The number of carbonyl (C=O) groups is 1. The number of rotatable bonds is 4. The molecule has 0 fully saturated rings. The molecule has 0 aliphatic heterocycles. The van der Waals surface area contributed by atoms with Gasteiger partial charge in [-0.15, -0.1) is 0 Å². The molecule has 0 saturated heterocycles. The fraction of sp³-hybridized carbons (Fsp3) is 0.188. The minimum absolute atomic E-state index is 0.0241. The van der Waals surface area contributed by atoms with Crippen molar-refractivity contribution >= 4 is 28.9 Å². The molecule has 110 valence electrons. The van der Waals surface area contributed by atoms with Gasteiger partial charge in [-0.25, -0.2) is 4.39 Å². The topological polar surface area (TPSA) is 32.3 Å². The van der Waals surface area contributed by atoms with E-state index in [1.807, 2.05) is 30.3 Å². The van der Waals surface area contributed by atoms with Crippen molar-refractivity contribution in [3.8, 4) is 0 Å². The molecule has 2 aromatic carbocycles. The summed E-state index contributed by atoms with van der Waals surface area (Å²) in [6, 6.07) is 13.2. The van der Waals surface area contributed by atoms with E-state index >= 15 is 0 Å². The number of nitrogens with zero attached hydrogens (tertiary/aromatic N) is 1. The lowest BCUT2D eigenvalue weighted by atomic mass is 10.2. The molecule has 0 aliphatic carbocycles. The van der Waals surface area contributed by atoms with E-state index < -0.39 is 11.9 Å². The maximum absolute atomic E-state index is 13.1. The average molecular weight is 307 g/mol. The van der Waals surface area contributed by atoms with Crippen LogP contribution in [0.15, 0.2) is 48.5 Å². The molecule has 1 amide bonds. The maximum atomic E-state index is 13.1. The van der Waals surface area contributed by atoms with E-state index in [2.05, 4.69) is 5.32 Å². The molecule has 0 radical (unpaired) electrons. The zero-order valence-electron chi connectivity index (χ0n) is 11.8. The molecule has 3 nitrogen and oxygen atoms in total. The predicted octanol–water partition coefficient (Wildman–Crippen LogP) is 3.94. The Morgan fingerprint density at radius 2 is 1.90 bits per heavy atom. The van der Waals surface area contributed by atoms with E-state index in [1.54, 1.807) is 24.9 Å². The monoisotopic (exact) mass is 306 g/mol. The van der Waals surface area contributed by atoms with Gasteiger partial charge in [-0.3, -0.25) is 4.79 Å². The van der Waals surface area contributed by atoms with E-state index in [4.69, 9.17) is 11.6 Å². The van der Waals surface area contributed by atoms with Gasteiger partial charge in [0.25, 0.3) is 0 Å².